The molecule has 1 aromatic heterocycles. The smallest absolute Gasteiger partial charge is 0.230 e. The van der Waals surface area contributed by atoms with Crippen LogP contribution in [0.5, 0.6) is 0 Å². The first-order valence-corrected chi connectivity index (χ1v) is 9.10. The molecule has 2 aromatic rings. The number of nitrogens with zero attached hydrogens (tertiary/aromatic N) is 2. The topological polar surface area (TPSA) is 54.9 Å². The van der Waals surface area contributed by atoms with Gasteiger partial charge < -0.3 is 5.32 Å². The molecule has 1 N–H and O–H groups in total. The van der Waals surface area contributed by atoms with Crippen LogP contribution in [0, 0.1) is 13.8 Å². The molecule has 4 nitrogen and oxygen atoms in total. The van der Waals surface area contributed by atoms with Crippen LogP contribution >= 0.6 is 23.4 Å². The van der Waals surface area contributed by atoms with E-state index in [-0.39, 0.29) is 11.3 Å². The fourth-order valence-corrected chi connectivity index (χ4v) is 3.24. The van der Waals surface area contributed by atoms with Crippen LogP contribution < -0.4 is 5.32 Å². The number of aryl methyl sites for hydroxylation is 2. The van der Waals surface area contributed by atoms with Gasteiger partial charge in [-0.1, -0.05) is 49.3 Å². The largest absolute Gasteiger partial charge is 0.355 e. The number of hydrogen-bond acceptors (Lipinski definition) is 4. The Bertz CT molecular complexity index is 714. The van der Waals surface area contributed by atoms with E-state index in [2.05, 4.69) is 29.1 Å². The molecule has 128 valence electrons. The summed E-state index contributed by atoms with van der Waals surface area (Å²) in [5, 5.41) is 4.32. The summed E-state index contributed by atoms with van der Waals surface area (Å²) in [6.07, 6.45) is 0. The van der Waals surface area contributed by atoms with E-state index in [1.807, 2.05) is 44.2 Å². The number of hydrogen-bond donors (Lipinski definition) is 1. The minimum Gasteiger partial charge on any atom is -0.355 e. The van der Waals surface area contributed by atoms with Crippen molar-refractivity contribution in [2.45, 2.75) is 38.3 Å². The van der Waals surface area contributed by atoms with E-state index < -0.39 is 0 Å². The molecule has 1 aromatic carbocycles. The lowest BCUT2D eigenvalue weighted by Gasteiger charge is -2.25. The first-order chi connectivity index (χ1) is 11.3. The average molecular weight is 364 g/mol. The number of nitrogens with one attached hydrogen (secondary N) is 1. The lowest BCUT2D eigenvalue weighted by molar-refractivity contribution is -0.118. The van der Waals surface area contributed by atoms with Crippen molar-refractivity contribution in [1.29, 1.82) is 0 Å². The number of halogens is 1. The predicted octanol–water partition coefficient (Wildman–Crippen LogP) is 3.93. The van der Waals surface area contributed by atoms with Gasteiger partial charge >= 0.3 is 0 Å². The van der Waals surface area contributed by atoms with Gasteiger partial charge in [0, 0.05) is 28.4 Å². The molecule has 0 fully saturated rings. The zero-order valence-corrected chi connectivity index (χ0v) is 16.0. The van der Waals surface area contributed by atoms with Crippen LogP contribution in [0.4, 0.5) is 0 Å². The summed E-state index contributed by atoms with van der Waals surface area (Å²) in [5.74, 6) is 0.270. The van der Waals surface area contributed by atoms with Crippen LogP contribution in [-0.2, 0) is 10.2 Å². The highest BCUT2D eigenvalue weighted by molar-refractivity contribution is 7.99. The van der Waals surface area contributed by atoms with E-state index in [9.17, 15) is 4.79 Å². The molecule has 0 aliphatic rings. The van der Waals surface area contributed by atoms with Crippen LogP contribution in [-0.4, -0.2) is 28.2 Å². The third-order valence-electron chi connectivity index (χ3n) is 3.63. The van der Waals surface area contributed by atoms with Crippen molar-refractivity contribution in [3.8, 4) is 0 Å². The van der Waals surface area contributed by atoms with Gasteiger partial charge in [0.05, 0.1) is 5.75 Å². The molecule has 24 heavy (non-hydrogen) atoms. The Morgan fingerprint density at radius 2 is 1.88 bits per heavy atom. The zero-order chi connectivity index (χ0) is 17.7. The summed E-state index contributed by atoms with van der Waals surface area (Å²) in [6.45, 7) is 8.55. The van der Waals surface area contributed by atoms with E-state index in [4.69, 9.17) is 11.6 Å². The molecular formula is C18H22ClN3OS. The van der Waals surface area contributed by atoms with E-state index in [0.717, 1.165) is 17.0 Å². The van der Waals surface area contributed by atoms with E-state index in [1.165, 1.54) is 11.8 Å². The summed E-state index contributed by atoms with van der Waals surface area (Å²) < 4.78 is 0. The molecule has 0 spiro atoms. The van der Waals surface area contributed by atoms with Gasteiger partial charge in [0.15, 0.2) is 5.16 Å². The Morgan fingerprint density at radius 3 is 2.50 bits per heavy atom. The maximum Gasteiger partial charge on any atom is 0.230 e. The highest BCUT2D eigenvalue weighted by Gasteiger charge is 2.21. The zero-order valence-electron chi connectivity index (χ0n) is 14.4. The standard InChI is InChI=1S/C18H22ClN3OS/c1-12-8-13(2)22-17(21-12)24-10-16(23)20-11-18(3,4)14-6-5-7-15(19)9-14/h5-9H,10-11H2,1-4H3,(H,20,23). The fraction of sp³-hybridized carbons (Fsp3) is 0.389. The highest BCUT2D eigenvalue weighted by atomic mass is 35.5. The number of carbonyl (C=O) groups is 1. The Balaban J connectivity index is 1.88. The normalized spacial score (nSPS) is 11.4. The summed E-state index contributed by atoms with van der Waals surface area (Å²) in [4.78, 5) is 20.8. The third kappa shape index (κ3) is 5.49. The Kier molecular flexibility index (Phi) is 6.24. The van der Waals surface area contributed by atoms with Crippen LogP contribution in [0.2, 0.25) is 5.02 Å². The van der Waals surface area contributed by atoms with Gasteiger partial charge in [-0.15, -0.1) is 0 Å². The van der Waals surface area contributed by atoms with Gasteiger partial charge in [-0.3, -0.25) is 4.79 Å². The fourth-order valence-electron chi connectivity index (χ4n) is 2.27. The number of amides is 1. The van der Waals surface area contributed by atoms with Crippen molar-refractivity contribution in [3.63, 3.8) is 0 Å². The van der Waals surface area contributed by atoms with Gasteiger partial charge in [0.1, 0.15) is 0 Å². The number of carbonyl (C=O) groups excluding carboxylic acids is 1. The van der Waals surface area contributed by atoms with Crippen molar-refractivity contribution in [1.82, 2.24) is 15.3 Å². The van der Waals surface area contributed by atoms with Crippen LogP contribution in [0.3, 0.4) is 0 Å². The van der Waals surface area contributed by atoms with E-state index in [1.54, 1.807) is 0 Å². The first-order valence-electron chi connectivity index (χ1n) is 7.74. The van der Waals surface area contributed by atoms with Gasteiger partial charge in [-0.25, -0.2) is 9.97 Å². The van der Waals surface area contributed by atoms with Crippen molar-refractivity contribution in [3.05, 3.63) is 52.3 Å². The van der Waals surface area contributed by atoms with Crippen molar-refractivity contribution in [2.24, 2.45) is 0 Å². The average Bonchev–Trinajstić information content (AvgIpc) is 2.50. The number of benzene rings is 1. The first kappa shape index (κ1) is 18.7. The third-order valence-corrected chi connectivity index (χ3v) is 4.71. The van der Waals surface area contributed by atoms with Gasteiger partial charge in [-0.05, 0) is 37.6 Å². The molecule has 0 saturated carbocycles. The van der Waals surface area contributed by atoms with E-state index in [0.29, 0.717) is 22.5 Å². The van der Waals surface area contributed by atoms with Gasteiger partial charge in [0.25, 0.3) is 0 Å². The summed E-state index contributed by atoms with van der Waals surface area (Å²) >= 11 is 7.40. The minimum atomic E-state index is -0.193. The molecule has 0 bridgehead atoms. The maximum atomic E-state index is 12.1. The molecule has 0 aliphatic carbocycles. The monoisotopic (exact) mass is 363 g/mol. The second-order valence-electron chi connectivity index (χ2n) is 6.39. The molecule has 6 heteroatoms. The number of aromatic nitrogens is 2. The second kappa shape index (κ2) is 7.99. The van der Waals surface area contributed by atoms with Crippen LogP contribution in [0.15, 0.2) is 35.5 Å². The number of rotatable bonds is 6. The molecule has 2 rings (SSSR count). The molecule has 0 unspecified atom stereocenters. The molecule has 1 heterocycles. The van der Waals surface area contributed by atoms with Gasteiger partial charge in [0.2, 0.25) is 5.91 Å². The number of thioether (sulfide) groups is 1. The predicted molar refractivity (Wildman–Crippen MR) is 99.7 cm³/mol. The minimum absolute atomic E-state index is 0.0298. The maximum absolute atomic E-state index is 12.1. The quantitative estimate of drug-likeness (QED) is 0.624. The Labute approximate surface area is 152 Å². The molecular weight excluding hydrogens is 342 g/mol. The highest BCUT2D eigenvalue weighted by Crippen LogP contribution is 2.25. The summed E-state index contributed by atoms with van der Waals surface area (Å²) in [6, 6.07) is 9.65. The Morgan fingerprint density at radius 1 is 1.21 bits per heavy atom. The van der Waals surface area contributed by atoms with Crippen molar-refractivity contribution in [2.75, 3.05) is 12.3 Å². The van der Waals surface area contributed by atoms with Crippen molar-refractivity contribution >= 4 is 29.3 Å². The van der Waals surface area contributed by atoms with Crippen molar-refractivity contribution < 1.29 is 4.79 Å². The second-order valence-corrected chi connectivity index (χ2v) is 7.77. The summed E-state index contributed by atoms with van der Waals surface area (Å²) in [5.41, 5.74) is 2.72. The molecule has 0 atom stereocenters. The summed E-state index contributed by atoms with van der Waals surface area (Å²) in [7, 11) is 0. The SMILES string of the molecule is Cc1cc(C)nc(SCC(=O)NCC(C)(C)c2cccc(Cl)c2)n1. The molecule has 1 amide bonds. The molecule has 0 radical (unpaired) electrons. The van der Waals surface area contributed by atoms with E-state index >= 15 is 0 Å². The Hall–Kier alpha value is -1.59. The molecule has 0 aliphatic heterocycles. The lowest BCUT2D eigenvalue weighted by Crippen LogP contribution is -2.37. The van der Waals surface area contributed by atoms with Gasteiger partial charge in [-0.2, -0.15) is 0 Å². The van der Waals surface area contributed by atoms with Crippen LogP contribution in [0.25, 0.3) is 0 Å². The molecule has 0 saturated heterocycles. The van der Waals surface area contributed by atoms with Crippen LogP contribution in [0.1, 0.15) is 30.8 Å². The lowest BCUT2D eigenvalue weighted by atomic mass is 9.84.